The molecule has 0 amide bonds. The van der Waals surface area contributed by atoms with Gasteiger partial charge in [-0.15, -0.1) is 0 Å². The number of allylic oxidation sites excluding steroid dienone is 1. The van der Waals surface area contributed by atoms with Gasteiger partial charge < -0.3 is 4.74 Å². The van der Waals surface area contributed by atoms with Crippen LogP contribution in [0.2, 0.25) is 0 Å². The summed E-state index contributed by atoms with van der Waals surface area (Å²) < 4.78 is 6.50. The number of hydrogen-bond donors (Lipinski definition) is 0. The van der Waals surface area contributed by atoms with Gasteiger partial charge in [-0.1, -0.05) is 74.5 Å². The number of nitriles is 2. The molecule has 0 saturated heterocycles. The average Bonchev–Trinajstić information content (AvgIpc) is 2.87. The number of nitrogens with zero attached hydrogens (tertiary/aromatic N) is 2. The second kappa shape index (κ2) is 7.30. The van der Waals surface area contributed by atoms with Gasteiger partial charge in [0.1, 0.15) is 11.8 Å². The molecule has 1 unspecified atom stereocenters. The fraction of sp³-hybridized carbons (Fsp3) is 0.154. The summed E-state index contributed by atoms with van der Waals surface area (Å²) in [6.45, 7) is 4.25. The normalized spacial score (nSPS) is 17.2. The first-order valence-corrected chi connectivity index (χ1v) is 9.60. The van der Waals surface area contributed by atoms with Gasteiger partial charge in [-0.05, 0) is 35.3 Å². The van der Waals surface area contributed by atoms with E-state index >= 15 is 0 Å². The second-order valence-electron chi connectivity index (χ2n) is 7.42. The SMILES string of the molecule is CC(C)c1cccc(OC2(C#N)c3ccccc3C=C(C#N)c3ccccc32)c1. The molecule has 0 aromatic heterocycles. The Balaban J connectivity index is 2.00. The van der Waals surface area contributed by atoms with Crippen LogP contribution in [0.15, 0.2) is 72.8 Å². The van der Waals surface area contributed by atoms with E-state index < -0.39 is 5.60 Å². The molecule has 0 saturated carbocycles. The van der Waals surface area contributed by atoms with Gasteiger partial charge in [0.05, 0.1) is 11.6 Å². The fourth-order valence-corrected chi connectivity index (χ4v) is 3.81. The van der Waals surface area contributed by atoms with Crippen molar-refractivity contribution in [3.63, 3.8) is 0 Å². The van der Waals surface area contributed by atoms with Crippen molar-refractivity contribution in [1.29, 1.82) is 10.5 Å². The van der Waals surface area contributed by atoms with Crippen molar-refractivity contribution in [3.05, 3.63) is 101 Å². The Bertz CT molecular complexity index is 1190. The maximum Gasteiger partial charge on any atom is 0.246 e. The number of benzene rings is 3. The first kappa shape index (κ1) is 18.5. The van der Waals surface area contributed by atoms with E-state index in [4.69, 9.17) is 4.74 Å². The number of fused-ring (bicyclic) bond motifs is 2. The van der Waals surface area contributed by atoms with Crippen molar-refractivity contribution in [3.8, 4) is 17.9 Å². The Morgan fingerprint density at radius 2 is 1.59 bits per heavy atom. The molecule has 0 radical (unpaired) electrons. The highest BCUT2D eigenvalue weighted by atomic mass is 16.5. The highest BCUT2D eigenvalue weighted by molar-refractivity contribution is 5.93. The van der Waals surface area contributed by atoms with Crippen LogP contribution in [-0.2, 0) is 5.60 Å². The van der Waals surface area contributed by atoms with E-state index in [2.05, 4.69) is 32.1 Å². The molecule has 0 spiro atoms. The van der Waals surface area contributed by atoms with Gasteiger partial charge in [0.2, 0.25) is 5.60 Å². The molecule has 3 heteroatoms. The van der Waals surface area contributed by atoms with Crippen LogP contribution < -0.4 is 4.74 Å². The molecule has 140 valence electrons. The van der Waals surface area contributed by atoms with Gasteiger partial charge in [0, 0.05) is 16.7 Å². The van der Waals surface area contributed by atoms with Crippen molar-refractivity contribution in [2.75, 3.05) is 0 Å². The minimum Gasteiger partial charge on any atom is -0.464 e. The average molecular weight is 376 g/mol. The Labute approximate surface area is 171 Å². The van der Waals surface area contributed by atoms with E-state index in [0.717, 1.165) is 16.7 Å². The van der Waals surface area contributed by atoms with Gasteiger partial charge in [-0.3, -0.25) is 0 Å². The minimum absolute atomic E-state index is 0.345. The highest BCUT2D eigenvalue weighted by Crippen LogP contribution is 2.43. The summed E-state index contributed by atoms with van der Waals surface area (Å²) in [7, 11) is 0. The monoisotopic (exact) mass is 376 g/mol. The molecule has 0 aliphatic heterocycles. The molecule has 3 aromatic carbocycles. The van der Waals surface area contributed by atoms with Gasteiger partial charge in [-0.2, -0.15) is 10.5 Å². The molecule has 1 aliphatic carbocycles. The molecule has 1 aliphatic rings. The van der Waals surface area contributed by atoms with Gasteiger partial charge in [0.15, 0.2) is 0 Å². The Kier molecular flexibility index (Phi) is 4.67. The Morgan fingerprint density at radius 1 is 0.862 bits per heavy atom. The van der Waals surface area contributed by atoms with Crippen LogP contribution in [0.25, 0.3) is 11.6 Å². The van der Waals surface area contributed by atoms with Gasteiger partial charge >= 0.3 is 0 Å². The third kappa shape index (κ3) is 3.08. The standard InChI is InChI=1S/C26H20N2O/c1-18(2)19-9-7-10-22(15-19)29-26(17-28)24-12-5-3-8-20(24)14-21(16-27)23-11-4-6-13-25(23)26/h3-15,18H,1-2H3. The molecular formula is C26H20N2O. The highest BCUT2D eigenvalue weighted by Gasteiger charge is 2.42. The lowest BCUT2D eigenvalue weighted by Gasteiger charge is -2.30. The van der Waals surface area contributed by atoms with Crippen molar-refractivity contribution in [2.45, 2.75) is 25.4 Å². The lowest BCUT2D eigenvalue weighted by atomic mass is 9.83. The zero-order valence-electron chi connectivity index (χ0n) is 16.4. The lowest BCUT2D eigenvalue weighted by Crippen LogP contribution is -2.34. The summed E-state index contributed by atoms with van der Waals surface area (Å²) in [5.41, 5.74) is 3.23. The van der Waals surface area contributed by atoms with Crippen molar-refractivity contribution in [2.24, 2.45) is 0 Å². The van der Waals surface area contributed by atoms with Crippen molar-refractivity contribution in [1.82, 2.24) is 0 Å². The zero-order chi connectivity index (χ0) is 20.4. The summed E-state index contributed by atoms with van der Waals surface area (Å²) in [4.78, 5) is 0. The molecule has 0 bridgehead atoms. The third-order valence-corrected chi connectivity index (χ3v) is 5.31. The van der Waals surface area contributed by atoms with E-state index in [1.54, 1.807) is 0 Å². The molecule has 3 nitrogen and oxygen atoms in total. The van der Waals surface area contributed by atoms with Gasteiger partial charge in [0.25, 0.3) is 0 Å². The molecule has 1 atom stereocenters. The van der Waals surface area contributed by atoms with Crippen molar-refractivity contribution >= 4 is 11.6 Å². The minimum atomic E-state index is -1.36. The van der Waals surface area contributed by atoms with E-state index in [9.17, 15) is 10.5 Å². The number of rotatable bonds is 3. The molecule has 29 heavy (non-hydrogen) atoms. The molecular weight excluding hydrogens is 356 g/mol. The third-order valence-electron chi connectivity index (χ3n) is 5.31. The first-order chi connectivity index (χ1) is 14.1. The summed E-state index contributed by atoms with van der Waals surface area (Å²) in [6.07, 6.45) is 1.83. The molecule has 0 fully saturated rings. The van der Waals surface area contributed by atoms with Gasteiger partial charge in [-0.25, -0.2) is 0 Å². The predicted octanol–water partition coefficient (Wildman–Crippen LogP) is 6.03. The van der Waals surface area contributed by atoms with Crippen molar-refractivity contribution < 1.29 is 4.74 Å². The molecule has 4 rings (SSSR count). The van der Waals surface area contributed by atoms with Crippen LogP contribution in [0.5, 0.6) is 5.75 Å². The molecule has 0 N–H and O–H groups in total. The molecule has 3 aromatic rings. The maximum atomic E-state index is 10.5. The second-order valence-corrected chi connectivity index (χ2v) is 7.42. The number of ether oxygens (including phenoxy) is 1. The first-order valence-electron chi connectivity index (χ1n) is 9.60. The fourth-order valence-electron chi connectivity index (χ4n) is 3.81. The van der Waals surface area contributed by atoms with Crippen LogP contribution >= 0.6 is 0 Å². The largest absolute Gasteiger partial charge is 0.464 e. The summed E-state index contributed by atoms with van der Waals surface area (Å²) in [6, 6.07) is 27.7. The van der Waals surface area contributed by atoms with E-state index in [1.807, 2.05) is 72.8 Å². The van der Waals surface area contributed by atoms with Crippen LogP contribution in [0.4, 0.5) is 0 Å². The van der Waals surface area contributed by atoms with E-state index in [1.165, 1.54) is 0 Å². The lowest BCUT2D eigenvalue weighted by molar-refractivity contribution is 0.171. The summed E-state index contributed by atoms with van der Waals surface area (Å²) >= 11 is 0. The quantitative estimate of drug-likeness (QED) is 0.560. The van der Waals surface area contributed by atoms with E-state index in [-0.39, 0.29) is 0 Å². The Morgan fingerprint density at radius 3 is 2.31 bits per heavy atom. The van der Waals surface area contributed by atoms with Crippen LogP contribution in [-0.4, -0.2) is 0 Å². The maximum absolute atomic E-state index is 10.5. The topological polar surface area (TPSA) is 56.8 Å². The Hall–Kier alpha value is -3.82. The zero-order valence-corrected chi connectivity index (χ0v) is 16.4. The van der Waals surface area contributed by atoms with E-state index in [0.29, 0.717) is 28.4 Å². The summed E-state index contributed by atoms with van der Waals surface area (Å²) in [5, 5.41) is 20.3. The summed E-state index contributed by atoms with van der Waals surface area (Å²) in [5.74, 6) is 0.972. The number of hydrogen-bond acceptors (Lipinski definition) is 3. The smallest absolute Gasteiger partial charge is 0.246 e. The molecule has 0 heterocycles. The van der Waals surface area contributed by atoms with Crippen LogP contribution in [0.1, 0.15) is 47.6 Å². The predicted molar refractivity (Wildman–Crippen MR) is 114 cm³/mol. The van der Waals surface area contributed by atoms with Crippen LogP contribution in [0.3, 0.4) is 0 Å². The van der Waals surface area contributed by atoms with Crippen LogP contribution in [0, 0.1) is 22.7 Å².